The molecular formula is C16H23FN4. The van der Waals surface area contributed by atoms with Crippen LogP contribution in [0.5, 0.6) is 0 Å². The number of anilines is 1. The van der Waals surface area contributed by atoms with Crippen LogP contribution < -0.4 is 10.2 Å². The highest BCUT2D eigenvalue weighted by atomic mass is 19.1. The number of guanidine groups is 1. The van der Waals surface area contributed by atoms with Crippen molar-refractivity contribution in [2.45, 2.75) is 6.92 Å². The third kappa shape index (κ3) is 3.97. The molecular weight excluding hydrogens is 267 g/mol. The van der Waals surface area contributed by atoms with E-state index in [4.69, 9.17) is 0 Å². The molecule has 1 aliphatic rings. The minimum Gasteiger partial charge on any atom is -0.366 e. The van der Waals surface area contributed by atoms with E-state index >= 15 is 0 Å². The smallest absolute Gasteiger partial charge is 0.194 e. The molecule has 0 saturated carbocycles. The second kappa shape index (κ2) is 7.67. The molecule has 114 valence electrons. The maximum Gasteiger partial charge on any atom is 0.194 e. The maximum atomic E-state index is 13.8. The van der Waals surface area contributed by atoms with Crippen molar-refractivity contribution in [3.05, 3.63) is 42.7 Å². The zero-order valence-electron chi connectivity index (χ0n) is 12.6. The van der Waals surface area contributed by atoms with Crippen LogP contribution in [0.3, 0.4) is 0 Å². The van der Waals surface area contributed by atoms with E-state index in [0.29, 0.717) is 12.2 Å². The van der Waals surface area contributed by atoms with Crippen LogP contribution in [0.2, 0.25) is 0 Å². The van der Waals surface area contributed by atoms with Crippen LogP contribution in [0.1, 0.15) is 6.92 Å². The quantitative estimate of drug-likeness (QED) is 0.523. The second-order valence-corrected chi connectivity index (χ2v) is 4.91. The number of benzene rings is 1. The summed E-state index contributed by atoms with van der Waals surface area (Å²) in [5.74, 6) is 0.753. The Hall–Kier alpha value is -2.04. The van der Waals surface area contributed by atoms with Crippen molar-refractivity contribution in [2.75, 3.05) is 44.2 Å². The van der Waals surface area contributed by atoms with Crippen LogP contribution in [0, 0.1) is 5.82 Å². The Morgan fingerprint density at radius 3 is 2.67 bits per heavy atom. The molecule has 0 aliphatic carbocycles. The van der Waals surface area contributed by atoms with E-state index < -0.39 is 0 Å². The zero-order chi connectivity index (χ0) is 15.1. The Morgan fingerprint density at radius 2 is 2.05 bits per heavy atom. The predicted octanol–water partition coefficient (Wildman–Crippen LogP) is 2.10. The summed E-state index contributed by atoms with van der Waals surface area (Å²) in [5, 5.41) is 3.29. The number of rotatable bonds is 4. The molecule has 5 heteroatoms. The van der Waals surface area contributed by atoms with Crippen molar-refractivity contribution in [2.24, 2.45) is 4.99 Å². The minimum atomic E-state index is -0.154. The molecule has 0 radical (unpaired) electrons. The summed E-state index contributed by atoms with van der Waals surface area (Å²) >= 11 is 0. The SMILES string of the molecule is C=CCN=C(NCC)N1CCN(c2ccccc2F)CC1. The fourth-order valence-corrected chi connectivity index (χ4v) is 2.44. The largest absolute Gasteiger partial charge is 0.366 e. The van der Waals surface area contributed by atoms with Gasteiger partial charge in [-0.3, -0.25) is 0 Å². The fourth-order valence-electron chi connectivity index (χ4n) is 2.44. The fraction of sp³-hybridized carbons (Fsp3) is 0.438. The Kier molecular flexibility index (Phi) is 5.60. The predicted molar refractivity (Wildman–Crippen MR) is 86.4 cm³/mol. The number of nitrogens with zero attached hydrogens (tertiary/aromatic N) is 3. The molecule has 4 nitrogen and oxygen atoms in total. The number of piperazine rings is 1. The maximum absolute atomic E-state index is 13.8. The van der Waals surface area contributed by atoms with Crippen molar-refractivity contribution in [3.63, 3.8) is 0 Å². The lowest BCUT2D eigenvalue weighted by Gasteiger charge is -2.37. The first-order chi connectivity index (χ1) is 10.3. The number of hydrogen-bond donors (Lipinski definition) is 1. The van der Waals surface area contributed by atoms with Gasteiger partial charge in [-0.1, -0.05) is 18.2 Å². The normalized spacial score (nSPS) is 16.0. The molecule has 0 aromatic heterocycles. The van der Waals surface area contributed by atoms with Crippen LogP contribution in [-0.2, 0) is 0 Å². The van der Waals surface area contributed by atoms with Crippen LogP contribution >= 0.6 is 0 Å². The van der Waals surface area contributed by atoms with Crippen molar-refractivity contribution in [3.8, 4) is 0 Å². The number of hydrogen-bond acceptors (Lipinski definition) is 2. The highest BCUT2D eigenvalue weighted by Crippen LogP contribution is 2.20. The molecule has 21 heavy (non-hydrogen) atoms. The average Bonchev–Trinajstić information content (AvgIpc) is 2.52. The molecule has 1 N–H and O–H groups in total. The van der Waals surface area contributed by atoms with E-state index in [1.54, 1.807) is 12.1 Å². The molecule has 1 saturated heterocycles. The topological polar surface area (TPSA) is 30.9 Å². The molecule has 1 aliphatic heterocycles. The molecule has 1 heterocycles. The summed E-state index contributed by atoms with van der Waals surface area (Å²) in [6, 6.07) is 6.94. The van der Waals surface area contributed by atoms with E-state index in [2.05, 4.69) is 33.6 Å². The first kappa shape index (κ1) is 15.4. The van der Waals surface area contributed by atoms with Gasteiger partial charge in [-0.15, -0.1) is 6.58 Å². The zero-order valence-corrected chi connectivity index (χ0v) is 12.6. The van der Waals surface area contributed by atoms with Crippen LogP contribution in [0.15, 0.2) is 41.9 Å². The highest BCUT2D eigenvalue weighted by Gasteiger charge is 2.21. The number of para-hydroxylation sites is 1. The molecule has 0 bridgehead atoms. The monoisotopic (exact) mass is 290 g/mol. The summed E-state index contributed by atoms with van der Waals surface area (Å²) in [6.07, 6.45) is 1.78. The Morgan fingerprint density at radius 1 is 1.33 bits per heavy atom. The highest BCUT2D eigenvalue weighted by molar-refractivity contribution is 5.80. The van der Waals surface area contributed by atoms with Gasteiger partial charge in [0, 0.05) is 32.7 Å². The number of halogens is 1. The van der Waals surface area contributed by atoms with Crippen molar-refractivity contribution in [1.29, 1.82) is 0 Å². The van der Waals surface area contributed by atoms with E-state index in [1.165, 1.54) is 6.07 Å². The van der Waals surface area contributed by atoms with E-state index in [1.807, 2.05) is 12.1 Å². The second-order valence-electron chi connectivity index (χ2n) is 4.91. The number of nitrogens with one attached hydrogen (secondary N) is 1. The summed E-state index contributed by atoms with van der Waals surface area (Å²) in [5.41, 5.74) is 0.685. The first-order valence-corrected chi connectivity index (χ1v) is 7.40. The van der Waals surface area contributed by atoms with Gasteiger partial charge in [0.2, 0.25) is 0 Å². The summed E-state index contributed by atoms with van der Waals surface area (Å²) in [7, 11) is 0. The Bertz CT molecular complexity index is 493. The average molecular weight is 290 g/mol. The van der Waals surface area contributed by atoms with E-state index in [-0.39, 0.29) is 5.82 Å². The minimum absolute atomic E-state index is 0.154. The van der Waals surface area contributed by atoms with Gasteiger partial charge in [0.1, 0.15) is 5.82 Å². The summed E-state index contributed by atoms with van der Waals surface area (Å²) < 4.78 is 13.8. The molecule has 0 amide bonds. The van der Waals surface area contributed by atoms with Crippen LogP contribution in [0.25, 0.3) is 0 Å². The van der Waals surface area contributed by atoms with E-state index in [9.17, 15) is 4.39 Å². The van der Waals surface area contributed by atoms with Crippen LogP contribution in [0.4, 0.5) is 10.1 Å². The van der Waals surface area contributed by atoms with Crippen molar-refractivity contribution < 1.29 is 4.39 Å². The Labute approximate surface area is 126 Å². The van der Waals surface area contributed by atoms with Gasteiger partial charge in [0.15, 0.2) is 5.96 Å². The lowest BCUT2D eigenvalue weighted by molar-refractivity contribution is 0.371. The Balaban J connectivity index is 1.99. The van der Waals surface area contributed by atoms with Gasteiger partial charge >= 0.3 is 0 Å². The van der Waals surface area contributed by atoms with Crippen molar-refractivity contribution >= 4 is 11.6 Å². The van der Waals surface area contributed by atoms with Gasteiger partial charge in [-0.05, 0) is 19.1 Å². The molecule has 1 aromatic rings. The molecule has 0 spiro atoms. The van der Waals surface area contributed by atoms with Crippen LogP contribution in [-0.4, -0.2) is 50.1 Å². The molecule has 0 unspecified atom stereocenters. The van der Waals surface area contributed by atoms with Gasteiger partial charge < -0.3 is 15.1 Å². The van der Waals surface area contributed by atoms with Gasteiger partial charge in [-0.2, -0.15) is 0 Å². The van der Waals surface area contributed by atoms with Crippen molar-refractivity contribution in [1.82, 2.24) is 10.2 Å². The van der Waals surface area contributed by atoms with Gasteiger partial charge in [0.05, 0.1) is 12.2 Å². The van der Waals surface area contributed by atoms with Gasteiger partial charge in [-0.25, -0.2) is 9.38 Å². The molecule has 2 rings (SSSR count). The molecule has 1 aromatic carbocycles. The third-order valence-electron chi connectivity index (χ3n) is 3.48. The first-order valence-electron chi connectivity index (χ1n) is 7.40. The molecule has 1 fully saturated rings. The number of aliphatic imine (C=N–C) groups is 1. The lowest BCUT2D eigenvalue weighted by Crippen LogP contribution is -2.52. The summed E-state index contributed by atoms with van der Waals surface area (Å²) in [4.78, 5) is 8.79. The standard InChI is InChI=1S/C16H23FN4/c1-3-9-19-16(18-4-2)21-12-10-20(11-13-21)15-8-6-5-7-14(15)17/h3,5-8H,1,4,9-13H2,2H3,(H,18,19). The van der Waals surface area contributed by atoms with Gasteiger partial charge in [0.25, 0.3) is 0 Å². The lowest BCUT2D eigenvalue weighted by atomic mass is 10.2. The molecule has 0 atom stereocenters. The van der Waals surface area contributed by atoms with E-state index in [0.717, 1.165) is 38.7 Å². The third-order valence-corrected chi connectivity index (χ3v) is 3.48. The summed E-state index contributed by atoms with van der Waals surface area (Å²) in [6.45, 7) is 10.4.